The minimum atomic E-state index is -0.544. The SMILES string of the molecule is Cc1ccc(-c2ccc3c(c2)c2c(N)ncnc2n3CC(=O)N2C3C[C@@H]3C[C@H]2C(=O)Nc2cccc(Br)n2)cc1. The Hall–Kier alpha value is -4.31. The molecule has 3 atom stereocenters. The quantitative estimate of drug-likeness (QED) is 0.278. The minimum absolute atomic E-state index is 0.0441. The van der Waals surface area contributed by atoms with Crippen molar-refractivity contribution in [3.63, 3.8) is 0 Å². The number of likely N-dealkylation sites (tertiary alicyclic amines) is 1. The van der Waals surface area contributed by atoms with Crippen LogP contribution in [0.5, 0.6) is 0 Å². The summed E-state index contributed by atoms with van der Waals surface area (Å²) in [6, 6.07) is 19.4. The normalized spacial score (nSPS) is 19.6. The van der Waals surface area contributed by atoms with Crippen molar-refractivity contribution < 1.29 is 9.59 Å². The number of halogens is 1. The molecule has 10 heteroatoms. The summed E-state index contributed by atoms with van der Waals surface area (Å²) >= 11 is 3.34. The number of nitrogens with zero attached hydrogens (tertiary/aromatic N) is 5. The number of hydrogen-bond donors (Lipinski definition) is 2. The van der Waals surface area contributed by atoms with Crippen molar-refractivity contribution >= 4 is 61.3 Å². The predicted octanol–water partition coefficient (Wildman–Crippen LogP) is 4.93. The lowest BCUT2D eigenvalue weighted by Crippen LogP contribution is -2.46. The first-order valence-corrected chi connectivity index (χ1v) is 14.0. The van der Waals surface area contributed by atoms with E-state index in [2.05, 4.69) is 73.5 Å². The van der Waals surface area contributed by atoms with Crippen LogP contribution in [0.15, 0.2) is 71.6 Å². The number of fused-ring (bicyclic) bond motifs is 4. The van der Waals surface area contributed by atoms with Gasteiger partial charge < -0.3 is 20.5 Å². The Kier molecular flexibility index (Phi) is 5.81. The van der Waals surface area contributed by atoms with Gasteiger partial charge in [-0.3, -0.25) is 9.59 Å². The van der Waals surface area contributed by atoms with E-state index in [4.69, 9.17) is 5.73 Å². The molecular formula is C30H26BrN7O2. The molecule has 2 fully saturated rings. The Morgan fingerprint density at radius 3 is 2.65 bits per heavy atom. The summed E-state index contributed by atoms with van der Waals surface area (Å²) in [5.74, 6) is 0.827. The van der Waals surface area contributed by atoms with Crippen molar-refractivity contribution in [2.45, 2.75) is 38.4 Å². The van der Waals surface area contributed by atoms with Gasteiger partial charge in [0, 0.05) is 11.4 Å². The van der Waals surface area contributed by atoms with E-state index in [9.17, 15) is 9.59 Å². The van der Waals surface area contributed by atoms with Crippen LogP contribution in [0.3, 0.4) is 0 Å². The number of hydrogen-bond acceptors (Lipinski definition) is 6. The van der Waals surface area contributed by atoms with E-state index in [1.54, 1.807) is 17.0 Å². The van der Waals surface area contributed by atoms with E-state index in [0.717, 1.165) is 33.8 Å². The van der Waals surface area contributed by atoms with Crippen LogP contribution in [0.25, 0.3) is 33.1 Å². The Morgan fingerprint density at radius 2 is 1.85 bits per heavy atom. The van der Waals surface area contributed by atoms with Crippen LogP contribution < -0.4 is 11.1 Å². The van der Waals surface area contributed by atoms with Crippen LogP contribution in [0.1, 0.15) is 18.4 Å². The summed E-state index contributed by atoms with van der Waals surface area (Å²) in [5.41, 5.74) is 11.1. The summed E-state index contributed by atoms with van der Waals surface area (Å²) < 4.78 is 2.52. The number of benzene rings is 2. The third-order valence-corrected chi connectivity index (χ3v) is 8.45. The van der Waals surface area contributed by atoms with Crippen LogP contribution in [-0.4, -0.2) is 48.3 Å². The molecule has 1 aliphatic heterocycles. The van der Waals surface area contributed by atoms with E-state index in [-0.39, 0.29) is 24.4 Å². The maximum Gasteiger partial charge on any atom is 0.248 e. The maximum atomic E-state index is 13.9. The number of aryl methyl sites for hydroxylation is 1. The highest BCUT2D eigenvalue weighted by atomic mass is 79.9. The molecule has 1 unspecified atom stereocenters. The van der Waals surface area contributed by atoms with Crippen LogP contribution in [0.2, 0.25) is 0 Å². The zero-order valence-corrected chi connectivity index (χ0v) is 23.3. The first-order valence-electron chi connectivity index (χ1n) is 13.2. The van der Waals surface area contributed by atoms with Crippen LogP contribution in [0.4, 0.5) is 11.6 Å². The largest absolute Gasteiger partial charge is 0.383 e. The molecule has 1 aliphatic carbocycles. The molecule has 0 spiro atoms. The van der Waals surface area contributed by atoms with Crippen molar-refractivity contribution in [2.24, 2.45) is 5.92 Å². The van der Waals surface area contributed by atoms with Gasteiger partial charge in [-0.25, -0.2) is 15.0 Å². The van der Waals surface area contributed by atoms with Gasteiger partial charge in [0.05, 0.1) is 10.9 Å². The Labute approximate surface area is 238 Å². The number of nitrogen functional groups attached to an aromatic ring is 1. The smallest absolute Gasteiger partial charge is 0.248 e. The van der Waals surface area contributed by atoms with E-state index in [1.807, 2.05) is 22.8 Å². The topological polar surface area (TPSA) is 119 Å². The molecular weight excluding hydrogens is 570 g/mol. The van der Waals surface area contributed by atoms with Crippen molar-refractivity contribution in [1.82, 2.24) is 24.4 Å². The van der Waals surface area contributed by atoms with Gasteiger partial charge in [-0.1, -0.05) is 42.0 Å². The van der Waals surface area contributed by atoms with Gasteiger partial charge in [0.25, 0.3) is 0 Å². The third kappa shape index (κ3) is 4.19. The summed E-state index contributed by atoms with van der Waals surface area (Å²) in [6.07, 6.45) is 3.00. The summed E-state index contributed by atoms with van der Waals surface area (Å²) in [7, 11) is 0. The van der Waals surface area contributed by atoms with Crippen LogP contribution >= 0.6 is 15.9 Å². The number of rotatable bonds is 5. The molecule has 4 heterocycles. The lowest BCUT2D eigenvalue weighted by atomic mass is 10.0. The van der Waals surface area contributed by atoms with Gasteiger partial charge in [-0.2, -0.15) is 0 Å². The second-order valence-corrected chi connectivity index (χ2v) is 11.4. The summed E-state index contributed by atoms with van der Waals surface area (Å²) in [6.45, 7) is 2.11. The molecule has 200 valence electrons. The monoisotopic (exact) mass is 595 g/mol. The average molecular weight is 596 g/mol. The Morgan fingerprint density at radius 1 is 1.05 bits per heavy atom. The fourth-order valence-corrected chi connectivity index (χ4v) is 6.32. The molecule has 7 rings (SSSR count). The molecule has 0 radical (unpaired) electrons. The van der Waals surface area contributed by atoms with Crippen molar-refractivity contribution in [3.8, 4) is 11.1 Å². The van der Waals surface area contributed by atoms with Crippen LogP contribution in [-0.2, 0) is 16.1 Å². The van der Waals surface area contributed by atoms with Gasteiger partial charge in [0.15, 0.2) is 0 Å². The molecule has 9 nitrogen and oxygen atoms in total. The van der Waals surface area contributed by atoms with E-state index >= 15 is 0 Å². The standard InChI is InChI=1S/C30H26BrN7O2/c1-16-5-7-17(8-6-16)18-9-10-21-20(11-18)27-28(32)33-15-34-29(27)37(21)14-26(39)38-22-12-19(22)13-23(38)30(40)36-25-4-2-3-24(31)35-25/h2-11,15,19,22-23H,12-14H2,1H3,(H2,32,33,34)(H,35,36,40)/t19-,22?,23+/m1/s1. The van der Waals surface area contributed by atoms with Gasteiger partial charge >= 0.3 is 0 Å². The number of pyridine rings is 1. The van der Waals surface area contributed by atoms with Crippen molar-refractivity contribution in [3.05, 3.63) is 77.2 Å². The fourth-order valence-electron chi connectivity index (χ4n) is 5.98. The molecule has 3 aromatic heterocycles. The predicted molar refractivity (Wildman–Crippen MR) is 157 cm³/mol. The van der Waals surface area contributed by atoms with E-state index in [1.165, 1.54) is 11.9 Å². The number of nitrogens with one attached hydrogen (secondary N) is 1. The lowest BCUT2D eigenvalue weighted by molar-refractivity contribution is -0.138. The molecule has 1 saturated heterocycles. The average Bonchev–Trinajstić information content (AvgIpc) is 3.48. The van der Waals surface area contributed by atoms with Gasteiger partial charge in [0.1, 0.15) is 40.8 Å². The van der Waals surface area contributed by atoms with E-state index in [0.29, 0.717) is 34.2 Å². The lowest BCUT2D eigenvalue weighted by Gasteiger charge is -2.27. The highest BCUT2D eigenvalue weighted by molar-refractivity contribution is 9.10. The molecule has 5 aromatic rings. The minimum Gasteiger partial charge on any atom is -0.383 e. The molecule has 3 N–H and O–H groups in total. The Balaban J connectivity index is 1.23. The summed E-state index contributed by atoms with van der Waals surface area (Å²) in [5, 5.41) is 4.49. The number of anilines is 2. The fraction of sp³-hybridized carbons (Fsp3) is 0.233. The molecule has 0 bridgehead atoms. The second-order valence-electron chi connectivity index (χ2n) is 10.6. The van der Waals surface area contributed by atoms with Gasteiger partial charge in [0.2, 0.25) is 11.8 Å². The first-order chi connectivity index (χ1) is 19.4. The van der Waals surface area contributed by atoms with Crippen molar-refractivity contribution in [1.29, 1.82) is 0 Å². The number of aromatic nitrogens is 4. The highest BCUT2D eigenvalue weighted by Crippen LogP contribution is 2.48. The van der Waals surface area contributed by atoms with Gasteiger partial charge in [-0.05, 0) is 77.0 Å². The van der Waals surface area contributed by atoms with E-state index < -0.39 is 6.04 Å². The van der Waals surface area contributed by atoms with Crippen LogP contribution in [0, 0.1) is 12.8 Å². The number of amides is 2. The number of carbonyl (C=O) groups is 2. The zero-order chi connectivity index (χ0) is 27.5. The maximum absolute atomic E-state index is 13.9. The molecule has 1 saturated carbocycles. The zero-order valence-electron chi connectivity index (χ0n) is 21.7. The molecule has 40 heavy (non-hydrogen) atoms. The highest BCUT2D eigenvalue weighted by Gasteiger charge is 2.56. The second kappa shape index (κ2) is 9.41. The van der Waals surface area contributed by atoms with Gasteiger partial charge in [-0.15, -0.1) is 0 Å². The summed E-state index contributed by atoms with van der Waals surface area (Å²) in [4.78, 5) is 42.0. The number of piperidine rings is 1. The Bertz CT molecular complexity index is 1820. The first kappa shape index (κ1) is 24.7. The molecule has 2 aliphatic rings. The third-order valence-electron chi connectivity index (χ3n) is 8.01. The molecule has 2 aromatic carbocycles. The number of nitrogens with two attached hydrogens (primary N) is 1. The number of carbonyl (C=O) groups excluding carboxylic acids is 2. The molecule has 2 amide bonds. The van der Waals surface area contributed by atoms with Crippen molar-refractivity contribution in [2.75, 3.05) is 11.1 Å².